The lowest BCUT2D eigenvalue weighted by molar-refractivity contribution is 0.949. The minimum atomic E-state index is 0.972. The first-order valence-corrected chi connectivity index (χ1v) is 11.9. The second-order valence-corrected chi connectivity index (χ2v) is 8.75. The van der Waals surface area contributed by atoms with Crippen molar-refractivity contribution in [2.24, 2.45) is 0 Å². The number of benzene rings is 2. The molecule has 0 amide bonds. The molecule has 162 valence electrons. The van der Waals surface area contributed by atoms with Crippen molar-refractivity contribution in [2.75, 3.05) is 36.0 Å². The Bertz CT molecular complexity index is 983. The summed E-state index contributed by atoms with van der Waals surface area (Å²) < 4.78 is 0. The van der Waals surface area contributed by atoms with E-state index in [4.69, 9.17) is 0 Å². The predicted molar refractivity (Wildman–Crippen MR) is 138 cm³/mol. The van der Waals surface area contributed by atoms with E-state index in [2.05, 4.69) is 99.8 Å². The van der Waals surface area contributed by atoms with Crippen LogP contribution in [-0.2, 0) is 0 Å². The molecule has 0 radical (unpaired) electrons. The normalized spacial score (nSPS) is 16.6. The van der Waals surface area contributed by atoms with Crippen LogP contribution in [0.4, 0.5) is 11.4 Å². The molecule has 32 heavy (non-hydrogen) atoms. The van der Waals surface area contributed by atoms with Crippen LogP contribution in [0.1, 0.15) is 48.1 Å². The van der Waals surface area contributed by atoms with Gasteiger partial charge in [-0.2, -0.15) is 0 Å². The second-order valence-electron chi connectivity index (χ2n) is 8.75. The van der Waals surface area contributed by atoms with E-state index in [1.165, 1.54) is 74.4 Å². The van der Waals surface area contributed by atoms with Gasteiger partial charge in [0.05, 0.1) is 5.69 Å². The Labute approximate surface area is 191 Å². The van der Waals surface area contributed by atoms with E-state index < -0.39 is 0 Å². The van der Waals surface area contributed by atoms with Crippen LogP contribution in [0.25, 0.3) is 24.3 Å². The molecule has 2 aromatic carbocycles. The number of anilines is 2. The first-order chi connectivity index (χ1) is 15.8. The van der Waals surface area contributed by atoms with Crippen LogP contribution in [-0.4, -0.2) is 31.2 Å². The smallest absolute Gasteiger partial charge is 0.0635 e. The van der Waals surface area contributed by atoms with Crippen LogP contribution in [0.5, 0.6) is 0 Å². The Morgan fingerprint density at radius 3 is 1.53 bits per heavy atom. The van der Waals surface area contributed by atoms with E-state index in [1.54, 1.807) is 0 Å². The third-order valence-corrected chi connectivity index (χ3v) is 6.45. The molecule has 3 nitrogen and oxygen atoms in total. The SMILES string of the molecule is C(=C\c1ccnc(/C=C/c2ccc(N3CCCC3)cc2)c1)/c1ccc(N2CCCC2)cc1. The highest BCUT2D eigenvalue weighted by Crippen LogP contribution is 2.22. The van der Waals surface area contributed by atoms with Gasteiger partial charge < -0.3 is 9.80 Å². The third kappa shape index (κ3) is 5.11. The Hall–Kier alpha value is -3.33. The van der Waals surface area contributed by atoms with Crippen LogP contribution in [0.3, 0.4) is 0 Å². The molecular formula is C29H31N3. The van der Waals surface area contributed by atoms with Gasteiger partial charge in [-0.05, 0) is 84.8 Å². The second kappa shape index (κ2) is 9.86. The van der Waals surface area contributed by atoms with Crippen LogP contribution in [0, 0.1) is 0 Å². The fourth-order valence-electron chi connectivity index (χ4n) is 4.58. The zero-order chi connectivity index (χ0) is 21.6. The van der Waals surface area contributed by atoms with E-state index in [-0.39, 0.29) is 0 Å². The van der Waals surface area contributed by atoms with Gasteiger partial charge in [-0.25, -0.2) is 0 Å². The molecule has 1 aromatic heterocycles. The topological polar surface area (TPSA) is 19.4 Å². The van der Waals surface area contributed by atoms with E-state index in [0.29, 0.717) is 0 Å². The lowest BCUT2D eigenvalue weighted by Gasteiger charge is -2.17. The Balaban J connectivity index is 1.22. The van der Waals surface area contributed by atoms with Gasteiger partial charge in [0.15, 0.2) is 0 Å². The van der Waals surface area contributed by atoms with Crippen molar-refractivity contribution in [3.05, 3.63) is 89.2 Å². The van der Waals surface area contributed by atoms with Crippen LogP contribution in [0.2, 0.25) is 0 Å². The summed E-state index contributed by atoms with van der Waals surface area (Å²) in [6, 6.07) is 21.9. The molecule has 2 saturated heterocycles. The van der Waals surface area contributed by atoms with Crippen molar-refractivity contribution in [2.45, 2.75) is 25.7 Å². The number of rotatable bonds is 6. The highest BCUT2D eigenvalue weighted by Gasteiger charge is 2.12. The van der Waals surface area contributed by atoms with Crippen molar-refractivity contribution in [1.29, 1.82) is 0 Å². The number of nitrogens with zero attached hydrogens (tertiary/aromatic N) is 3. The van der Waals surface area contributed by atoms with Crippen molar-refractivity contribution in [3.8, 4) is 0 Å². The van der Waals surface area contributed by atoms with Gasteiger partial charge in [0.25, 0.3) is 0 Å². The average molecular weight is 422 g/mol. The maximum Gasteiger partial charge on any atom is 0.0635 e. The first kappa shape index (κ1) is 20.6. The highest BCUT2D eigenvalue weighted by molar-refractivity contribution is 5.73. The molecule has 3 heterocycles. The molecule has 0 spiro atoms. The van der Waals surface area contributed by atoms with Gasteiger partial charge >= 0.3 is 0 Å². The number of pyridine rings is 1. The molecule has 0 N–H and O–H groups in total. The van der Waals surface area contributed by atoms with E-state index in [0.717, 1.165) is 11.3 Å². The maximum atomic E-state index is 4.51. The Morgan fingerprint density at radius 1 is 0.531 bits per heavy atom. The van der Waals surface area contributed by atoms with Crippen molar-refractivity contribution < 1.29 is 0 Å². The molecule has 0 unspecified atom stereocenters. The molecule has 0 aliphatic carbocycles. The molecule has 0 saturated carbocycles. The van der Waals surface area contributed by atoms with Gasteiger partial charge in [0, 0.05) is 43.8 Å². The summed E-state index contributed by atoms with van der Waals surface area (Å²) in [6.45, 7) is 4.74. The summed E-state index contributed by atoms with van der Waals surface area (Å²) in [5.41, 5.74) is 7.23. The number of hydrogen-bond donors (Lipinski definition) is 0. The lowest BCUT2D eigenvalue weighted by Crippen LogP contribution is -2.17. The molecule has 0 atom stereocenters. The molecule has 3 heteroatoms. The van der Waals surface area contributed by atoms with Gasteiger partial charge in [-0.3, -0.25) is 4.98 Å². The summed E-state index contributed by atoms with van der Waals surface area (Å²) in [7, 11) is 0. The van der Waals surface area contributed by atoms with Crippen LogP contribution < -0.4 is 9.80 Å². The zero-order valence-corrected chi connectivity index (χ0v) is 18.7. The maximum absolute atomic E-state index is 4.51. The highest BCUT2D eigenvalue weighted by atomic mass is 15.1. The summed E-state index contributed by atoms with van der Waals surface area (Å²) in [4.78, 5) is 9.44. The van der Waals surface area contributed by atoms with Crippen molar-refractivity contribution in [1.82, 2.24) is 4.98 Å². The molecule has 2 fully saturated rings. The largest absolute Gasteiger partial charge is 0.372 e. The number of hydrogen-bond acceptors (Lipinski definition) is 3. The fourth-order valence-corrected chi connectivity index (χ4v) is 4.58. The summed E-state index contributed by atoms with van der Waals surface area (Å²) in [5.74, 6) is 0. The molecule has 0 bridgehead atoms. The van der Waals surface area contributed by atoms with Gasteiger partial charge in [0.1, 0.15) is 0 Å². The minimum absolute atomic E-state index is 0.972. The average Bonchev–Trinajstić information content (AvgIpc) is 3.57. The van der Waals surface area contributed by atoms with Crippen LogP contribution in [0.15, 0.2) is 66.9 Å². The van der Waals surface area contributed by atoms with E-state index in [9.17, 15) is 0 Å². The third-order valence-electron chi connectivity index (χ3n) is 6.45. The molecule has 2 aliphatic rings. The standard InChI is InChI=1S/C29H31N3/c1-2-20-31(19-1)28-13-8-24(9-14-28)5-6-26-17-18-30-27(23-26)12-7-25-10-15-29(16-11-25)32-21-3-4-22-32/h5-18,23H,1-4,19-22H2/b6-5+,12-7+. The van der Waals surface area contributed by atoms with Crippen molar-refractivity contribution >= 4 is 35.7 Å². The fraction of sp³-hybridized carbons (Fsp3) is 0.276. The molecular weight excluding hydrogens is 390 g/mol. The molecule has 3 aromatic rings. The lowest BCUT2D eigenvalue weighted by atomic mass is 10.1. The molecule has 2 aliphatic heterocycles. The predicted octanol–water partition coefficient (Wildman–Crippen LogP) is 6.62. The summed E-state index contributed by atoms with van der Waals surface area (Å²) in [6.07, 6.45) is 15.7. The molecule has 5 rings (SSSR count). The summed E-state index contributed by atoms with van der Waals surface area (Å²) >= 11 is 0. The monoisotopic (exact) mass is 421 g/mol. The van der Waals surface area contributed by atoms with Gasteiger partial charge in [0.2, 0.25) is 0 Å². The van der Waals surface area contributed by atoms with Crippen LogP contribution >= 0.6 is 0 Å². The van der Waals surface area contributed by atoms with Gasteiger partial charge in [-0.1, -0.05) is 42.5 Å². The number of aromatic nitrogens is 1. The zero-order valence-electron chi connectivity index (χ0n) is 18.7. The Kier molecular flexibility index (Phi) is 6.34. The van der Waals surface area contributed by atoms with E-state index in [1.807, 2.05) is 6.20 Å². The summed E-state index contributed by atoms with van der Waals surface area (Å²) in [5, 5.41) is 0. The Morgan fingerprint density at radius 2 is 1.00 bits per heavy atom. The first-order valence-electron chi connectivity index (χ1n) is 11.9. The quantitative estimate of drug-likeness (QED) is 0.446. The van der Waals surface area contributed by atoms with Crippen molar-refractivity contribution in [3.63, 3.8) is 0 Å². The van der Waals surface area contributed by atoms with E-state index >= 15 is 0 Å². The van der Waals surface area contributed by atoms with Gasteiger partial charge in [-0.15, -0.1) is 0 Å². The minimum Gasteiger partial charge on any atom is -0.372 e.